The molecule has 0 aliphatic heterocycles. The van der Waals surface area contributed by atoms with E-state index in [1.54, 1.807) is 13.8 Å². The normalized spacial score (nSPS) is 11.3. The Morgan fingerprint density at radius 3 is 1.57 bits per heavy atom. The van der Waals surface area contributed by atoms with Crippen LogP contribution in [-0.4, -0.2) is 40.6 Å². The second-order valence-electron chi connectivity index (χ2n) is 2.41. The van der Waals surface area contributed by atoms with Crippen LogP contribution in [0.25, 0.3) is 0 Å². The highest BCUT2D eigenvalue weighted by atomic mass is 15.8. The third-order valence-corrected chi connectivity index (χ3v) is 1.42. The monoisotopic (exact) mass is 194 g/mol. The first-order valence-electron chi connectivity index (χ1n) is 3.69. The lowest BCUT2D eigenvalue weighted by molar-refractivity contribution is 0.547. The second-order valence-corrected chi connectivity index (χ2v) is 2.41. The van der Waals surface area contributed by atoms with Crippen molar-refractivity contribution in [1.82, 2.24) is 40.6 Å². The standard InChI is InChI=1S/C4H6N10/c1-3-5-7-9-13(3)11-12-14-4(2)6-8-10-14/h1-2H3/b12-11+. The minimum absolute atomic E-state index is 0.527. The molecule has 0 unspecified atom stereocenters. The van der Waals surface area contributed by atoms with Crippen LogP contribution >= 0.6 is 0 Å². The zero-order chi connectivity index (χ0) is 9.97. The van der Waals surface area contributed by atoms with Crippen LogP contribution in [0.1, 0.15) is 11.6 Å². The molecule has 72 valence electrons. The van der Waals surface area contributed by atoms with E-state index in [0.29, 0.717) is 11.6 Å². The predicted octanol–water partition coefficient (Wildman–Crippen LogP) is -1.04. The summed E-state index contributed by atoms with van der Waals surface area (Å²) in [6.45, 7) is 3.40. The van der Waals surface area contributed by atoms with E-state index >= 15 is 0 Å². The molecule has 0 aliphatic carbocycles. The Bertz CT molecular complexity index is 408. The highest BCUT2D eigenvalue weighted by Crippen LogP contribution is 1.91. The molecule has 0 atom stereocenters. The van der Waals surface area contributed by atoms with Crippen LogP contribution in [0.15, 0.2) is 10.4 Å². The summed E-state index contributed by atoms with van der Waals surface area (Å²) < 4.78 is 0. The van der Waals surface area contributed by atoms with E-state index < -0.39 is 0 Å². The van der Waals surface area contributed by atoms with Gasteiger partial charge in [0.2, 0.25) is 0 Å². The topological polar surface area (TPSA) is 112 Å². The number of rotatable bonds is 2. The Morgan fingerprint density at radius 2 is 1.29 bits per heavy atom. The Balaban J connectivity index is 2.23. The molecular weight excluding hydrogens is 188 g/mol. The largest absolute Gasteiger partial charge is 0.175 e. The molecule has 2 heterocycles. The fourth-order valence-corrected chi connectivity index (χ4v) is 0.696. The number of hydrogen-bond donors (Lipinski definition) is 0. The van der Waals surface area contributed by atoms with Gasteiger partial charge in [0.15, 0.2) is 11.6 Å². The fraction of sp³-hybridized carbons (Fsp3) is 0.500. The summed E-state index contributed by atoms with van der Waals surface area (Å²) in [5, 5.41) is 28.5. The summed E-state index contributed by atoms with van der Waals surface area (Å²) in [6.07, 6.45) is 0. The van der Waals surface area contributed by atoms with Crippen LogP contribution in [0.5, 0.6) is 0 Å². The van der Waals surface area contributed by atoms with Gasteiger partial charge in [0.1, 0.15) is 0 Å². The molecular formula is C4H6N10. The van der Waals surface area contributed by atoms with Gasteiger partial charge in [-0.25, -0.2) is 0 Å². The van der Waals surface area contributed by atoms with Crippen molar-refractivity contribution >= 4 is 0 Å². The predicted molar refractivity (Wildman–Crippen MR) is 40.8 cm³/mol. The third kappa shape index (κ3) is 1.44. The van der Waals surface area contributed by atoms with Crippen molar-refractivity contribution in [2.24, 2.45) is 10.4 Å². The summed E-state index contributed by atoms with van der Waals surface area (Å²) in [7, 11) is 0. The van der Waals surface area contributed by atoms with Gasteiger partial charge in [-0.15, -0.1) is 10.2 Å². The number of tetrazole rings is 2. The third-order valence-electron chi connectivity index (χ3n) is 1.42. The molecule has 2 aromatic heterocycles. The van der Waals surface area contributed by atoms with Gasteiger partial charge in [0.05, 0.1) is 0 Å². The van der Waals surface area contributed by atoms with Crippen LogP contribution in [0, 0.1) is 13.8 Å². The molecule has 0 spiro atoms. The summed E-state index contributed by atoms with van der Waals surface area (Å²) in [5.41, 5.74) is 0. The number of hydrogen-bond acceptors (Lipinski definition) is 8. The van der Waals surface area contributed by atoms with E-state index in [1.165, 1.54) is 9.58 Å². The van der Waals surface area contributed by atoms with Gasteiger partial charge in [-0.3, -0.25) is 0 Å². The lowest BCUT2D eigenvalue weighted by Gasteiger charge is -1.89. The van der Waals surface area contributed by atoms with Gasteiger partial charge < -0.3 is 0 Å². The lowest BCUT2D eigenvalue weighted by Crippen LogP contribution is -1.98. The Labute approximate surface area is 77.6 Å². The quantitative estimate of drug-likeness (QED) is 0.564. The first-order valence-corrected chi connectivity index (χ1v) is 3.69. The van der Waals surface area contributed by atoms with Crippen molar-refractivity contribution in [2.75, 3.05) is 0 Å². The number of nitrogens with zero attached hydrogens (tertiary/aromatic N) is 10. The average Bonchev–Trinajstić information content (AvgIpc) is 2.72. The molecule has 0 fully saturated rings. The minimum atomic E-state index is 0.527. The van der Waals surface area contributed by atoms with E-state index in [1.807, 2.05) is 0 Å². The van der Waals surface area contributed by atoms with Crippen molar-refractivity contribution in [3.8, 4) is 0 Å². The van der Waals surface area contributed by atoms with Crippen LogP contribution in [0.3, 0.4) is 0 Å². The summed E-state index contributed by atoms with van der Waals surface area (Å²) in [6, 6.07) is 0. The van der Waals surface area contributed by atoms with Gasteiger partial charge >= 0.3 is 0 Å². The van der Waals surface area contributed by atoms with E-state index in [-0.39, 0.29) is 0 Å². The van der Waals surface area contributed by atoms with Crippen molar-refractivity contribution < 1.29 is 0 Å². The van der Waals surface area contributed by atoms with Crippen molar-refractivity contribution in [2.45, 2.75) is 13.8 Å². The molecule has 0 aliphatic rings. The SMILES string of the molecule is Cc1nnnn1/N=N/n1nnnc1C. The Kier molecular flexibility index (Phi) is 1.93. The molecule has 14 heavy (non-hydrogen) atoms. The smallest absolute Gasteiger partial charge is 0.112 e. The van der Waals surface area contributed by atoms with Gasteiger partial charge in [-0.05, 0) is 45.1 Å². The van der Waals surface area contributed by atoms with Crippen LogP contribution in [0.4, 0.5) is 0 Å². The van der Waals surface area contributed by atoms with Crippen LogP contribution < -0.4 is 0 Å². The highest BCUT2D eigenvalue weighted by Gasteiger charge is 1.99. The Morgan fingerprint density at radius 1 is 0.857 bits per heavy atom. The van der Waals surface area contributed by atoms with Crippen molar-refractivity contribution in [1.29, 1.82) is 0 Å². The molecule has 0 bridgehead atoms. The second kappa shape index (κ2) is 3.24. The van der Waals surface area contributed by atoms with Crippen molar-refractivity contribution in [3.63, 3.8) is 0 Å². The number of aromatic nitrogens is 8. The van der Waals surface area contributed by atoms with Crippen LogP contribution in [0.2, 0.25) is 0 Å². The molecule has 0 aromatic carbocycles. The summed E-state index contributed by atoms with van der Waals surface area (Å²) in [5.74, 6) is 1.05. The maximum Gasteiger partial charge on any atom is 0.175 e. The van der Waals surface area contributed by atoms with Gasteiger partial charge in [-0.1, -0.05) is 9.58 Å². The Hall–Kier alpha value is -2.26. The first kappa shape index (κ1) is 8.34. The van der Waals surface area contributed by atoms with E-state index in [9.17, 15) is 0 Å². The molecule has 0 amide bonds. The highest BCUT2D eigenvalue weighted by molar-refractivity contribution is 4.72. The molecule has 2 aromatic rings. The van der Waals surface area contributed by atoms with E-state index in [2.05, 4.69) is 41.5 Å². The molecule has 0 N–H and O–H groups in total. The summed E-state index contributed by atoms with van der Waals surface area (Å²) in [4.78, 5) is 2.34. The van der Waals surface area contributed by atoms with E-state index in [4.69, 9.17) is 0 Å². The molecule has 2 rings (SSSR count). The number of aryl methyl sites for hydroxylation is 2. The summed E-state index contributed by atoms with van der Waals surface area (Å²) >= 11 is 0. The van der Waals surface area contributed by atoms with Gasteiger partial charge in [0, 0.05) is 0 Å². The van der Waals surface area contributed by atoms with E-state index in [0.717, 1.165) is 0 Å². The lowest BCUT2D eigenvalue weighted by atomic mass is 10.8. The zero-order valence-corrected chi connectivity index (χ0v) is 7.47. The van der Waals surface area contributed by atoms with Gasteiger partial charge in [0.25, 0.3) is 0 Å². The van der Waals surface area contributed by atoms with Gasteiger partial charge in [-0.2, -0.15) is 0 Å². The van der Waals surface area contributed by atoms with Crippen LogP contribution in [-0.2, 0) is 0 Å². The maximum absolute atomic E-state index is 3.70. The molecule has 10 nitrogen and oxygen atoms in total. The maximum atomic E-state index is 3.70. The molecule has 0 saturated carbocycles. The molecule has 0 saturated heterocycles. The van der Waals surface area contributed by atoms with Crippen molar-refractivity contribution in [3.05, 3.63) is 11.6 Å². The average molecular weight is 194 g/mol. The fourth-order valence-electron chi connectivity index (χ4n) is 0.696. The molecule has 10 heteroatoms. The molecule has 0 radical (unpaired) electrons. The zero-order valence-electron chi connectivity index (χ0n) is 7.47. The first-order chi connectivity index (χ1) is 6.77. The minimum Gasteiger partial charge on any atom is -0.112 e.